The van der Waals surface area contributed by atoms with Crippen LogP contribution < -0.4 is 5.73 Å². The van der Waals surface area contributed by atoms with E-state index in [1.165, 1.54) is 0 Å². The number of sulfone groups is 1. The van der Waals surface area contributed by atoms with Gasteiger partial charge in [-0.05, 0) is 32.0 Å². The van der Waals surface area contributed by atoms with Gasteiger partial charge in [-0.1, -0.05) is 18.2 Å². The molecular formula is C15H24N2O3S. The molecule has 1 aliphatic heterocycles. The third-order valence-electron chi connectivity index (χ3n) is 4.35. The Hall–Kier alpha value is -0.950. The van der Waals surface area contributed by atoms with E-state index in [0.29, 0.717) is 31.1 Å². The fourth-order valence-electron chi connectivity index (χ4n) is 2.99. The lowest BCUT2D eigenvalue weighted by Crippen LogP contribution is -2.53. The first-order valence-electron chi connectivity index (χ1n) is 7.29. The lowest BCUT2D eigenvalue weighted by Gasteiger charge is -2.45. The smallest absolute Gasteiger partial charge is 0.178 e. The van der Waals surface area contributed by atoms with Crippen LogP contribution in [0.4, 0.5) is 0 Å². The molecule has 0 radical (unpaired) electrons. The Morgan fingerprint density at radius 3 is 2.76 bits per heavy atom. The zero-order valence-electron chi connectivity index (χ0n) is 12.7. The van der Waals surface area contributed by atoms with Crippen molar-refractivity contribution in [1.82, 2.24) is 4.90 Å². The van der Waals surface area contributed by atoms with Gasteiger partial charge in [-0.2, -0.15) is 0 Å². The second-order valence-electron chi connectivity index (χ2n) is 5.42. The number of rotatable bonds is 6. The van der Waals surface area contributed by atoms with Crippen LogP contribution in [0.15, 0.2) is 29.2 Å². The van der Waals surface area contributed by atoms with Crippen LogP contribution >= 0.6 is 0 Å². The fraction of sp³-hybridized carbons (Fsp3) is 0.600. The lowest BCUT2D eigenvalue weighted by molar-refractivity contribution is 0.0612. The van der Waals surface area contributed by atoms with Gasteiger partial charge in [0.25, 0.3) is 0 Å². The zero-order chi connectivity index (χ0) is 15.5. The molecule has 2 N–H and O–H groups in total. The van der Waals surface area contributed by atoms with Crippen LogP contribution in [0.1, 0.15) is 18.9 Å². The average molecular weight is 312 g/mol. The predicted molar refractivity (Wildman–Crippen MR) is 83.0 cm³/mol. The van der Waals surface area contributed by atoms with Crippen molar-refractivity contribution >= 4 is 9.84 Å². The highest BCUT2D eigenvalue weighted by atomic mass is 32.2. The molecule has 0 aromatic heterocycles. The maximum atomic E-state index is 12.3. The van der Waals surface area contributed by atoms with E-state index in [1.807, 2.05) is 26.1 Å². The van der Waals surface area contributed by atoms with Crippen molar-refractivity contribution in [2.75, 3.05) is 39.1 Å². The molecule has 6 heteroatoms. The van der Waals surface area contributed by atoms with Gasteiger partial charge < -0.3 is 10.5 Å². The SMILES string of the molecule is CCOCCN(C)C1(CN)CCS(=O)(=O)c2ccccc21. The quantitative estimate of drug-likeness (QED) is 0.793. The second kappa shape index (κ2) is 6.44. The van der Waals surface area contributed by atoms with Gasteiger partial charge in [0.2, 0.25) is 0 Å². The Bertz CT molecular complexity index is 588. The minimum absolute atomic E-state index is 0.139. The molecule has 1 aliphatic rings. The first-order chi connectivity index (χ1) is 9.98. The van der Waals surface area contributed by atoms with Crippen LogP contribution in [0.25, 0.3) is 0 Å². The zero-order valence-corrected chi connectivity index (χ0v) is 13.5. The van der Waals surface area contributed by atoms with Gasteiger partial charge >= 0.3 is 0 Å². The summed E-state index contributed by atoms with van der Waals surface area (Å²) in [6.45, 7) is 4.36. The second-order valence-corrected chi connectivity index (χ2v) is 7.50. The molecule has 0 fully saturated rings. The third-order valence-corrected chi connectivity index (χ3v) is 6.12. The summed E-state index contributed by atoms with van der Waals surface area (Å²) in [6, 6.07) is 7.21. The molecule has 1 heterocycles. The Morgan fingerprint density at radius 1 is 1.38 bits per heavy atom. The van der Waals surface area contributed by atoms with Gasteiger partial charge in [-0.25, -0.2) is 8.42 Å². The lowest BCUT2D eigenvalue weighted by atomic mass is 9.85. The van der Waals surface area contributed by atoms with Gasteiger partial charge in [0.05, 0.1) is 22.8 Å². The molecule has 0 bridgehead atoms. The number of benzene rings is 1. The van der Waals surface area contributed by atoms with E-state index in [-0.39, 0.29) is 5.75 Å². The third kappa shape index (κ3) is 2.99. The summed E-state index contributed by atoms with van der Waals surface area (Å²) in [5.41, 5.74) is 6.46. The van der Waals surface area contributed by atoms with E-state index in [9.17, 15) is 8.42 Å². The number of likely N-dealkylation sites (N-methyl/N-ethyl adjacent to an activating group) is 1. The summed E-state index contributed by atoms with van der Waals surface area (Å²) in [4.78, 5) is 2.56. The van der Waals surface area contributed by atoms with Crippen molar-refractivity contribution < 1.29 is 13.2 Å². The average Bonchev–Trinajstić information content (AvgIpc) is 2.48. The van der Waals surface area contributed by atoms with E-state index >= 15 is 0 Å². The molecule has 0 saturated heterocycles. The summed E-state index contributed by atoms with van der Waals surface area (Å²) >= 11 is 0. The van der Waals surface area contributed by atoms with Gasteiger partial charge in [-0.3, -0.25) is 4.90 Å². The van der Waals surface area contributed by atoms with Crippen molar-refractivity contribution in [2.45, 2.75) is 23.8 Å². The van der Waals surface area contributed by atoms with Gasteiger partial charge in [-0.15, -0.1) is 0 Å². The minimum Gasteiger partial charge on any atom is -0.380 e. The molecule has 5 nitrogen and oxygen atoms in total. The van der Waals surface area contributed by atoms with Gasteiger partial charge in [0.1, 0.15) is 0 Å². The van der Waals surface area contributed by atoms with Crippen LogP contribution in [0.2, 0.25) is 0 Å². The van der Waals surface area contributed by atoms with Crippen LogP contribution in [0, 0.1) is 0 Å². The van der Waals surface area contributed by atoms with Crippen LogP contribution in [0.5, 0.6) is 0 Å². The molecule has 1 aromatic rings. The van der Waals surface area contributed by atoms with E-state index in [1.54, 1.807) is 12.1 Å². The normalized spacial score (nSPS) is 24.0. The first kappa shape index (κ1) is 16.4. The molecule has 2 rings (SSSR count). The van der Waals surface area contributed by atoms with Crippen LogP contribution in [-0.4, -0.2) is 52.4 Å². The molecule has 118 valence electrons. The number of ether oxygens (including phenoxy) is 1. The van der Waals surface area contributed by atoms with Crippen molar-refractivity contribution in [3.8, 4) is 0 Å². The van der Waals surface area contributed by atoms with Crippen molar-refractivity contribution in [3.63, 3.8) is 0 Å². The highest BCUT2D eigenvalue weighted by molar-refractivity contribution is 7.91. The number of hydrogen-bond acceptors (Lipinski definition) is 5. The summed E-state index contributed by atoms with van der Waals surface area (Å²) < 4.78 is 30.0. The first-order valence-corrected chi connectivity index (χ1v) is 8.94. The van der Waals surface area contributed by atoms with Crippen molar-refractivity contribution in [1.29, 1.82) is 0 Å². The van der Waals surface area contributed by atoms with Crippen LogP contribution in [0.3, 0.4) is 0 Å². The highest BCUT2D eigenvalue weighted by Crippen LogP contribution is 2.39. The molecule has 0 saturated carbocycles. The summed E-state index contributed by atoms with van der Waals surface area (Å²) in [5.74, 6) is 0.139. The minimum atomic E-state index is -3.20. The monoisotopic (exact) mass is 312 g/mol. The van der Waals surface area contributed by atoms with E-state index in [4.69, 9.17) is 10.5 Å². The van der Waals surface area contributed by atoms with Gasteiger partial charge in [0, 0.05) is 19.7 Å². The Kier molecular flexibility index (Phi) is 5.03. The molecule has 0 aliphatic carbocycles. The molecule has 1 atom stereocenters. The van der Waals surface area contributed by atoms with E-state index < -0.39 is 15.4 Å². The molecule has 0 amide bonds. The van der Waals surface area contributed by atoms with E-state index in [0.717, 1.165) is 12.1 Å². The summed E-state index contributed by atoms with van der Waals surface area (Å²) in [5, 5.41) is 0. The largest absolute Gasteiger partial charge is 0.380 e. The Balaban J connectivity index is 2.40. The number of nitrogens with two attached hydrogens (primary N) is 1. The summed E-state index contributed by atoms with van der Waals surface area (Å²) in [6.07, 6.45) is 0.519. The molecular weight excluding hydrogens is 288 g/mol. The number of hydrogen-bond donors (Lipinski definition) is 1. The fourth-order valence-corrected chi connectivity index (χ4v) is 4.70. The maximum absolute atomic E-state index is 12.3. The van der Waals surface area contributed by atoms with Crippen molar-refractivity contribution in [3.05, 3.63) is 29.8 Å². The molecule has 1 aromatic carbocycles. The maximum Gasteiger partial charge on any atom is 0.178 e. The Morgan fingerprint density at radius 2 is 2.10 bits per heavy atom. The molecule has 1 unspecified atom stereocenters. The highest BCUT2D eigenvalue weighted by Gasteiger charge is 2.43. The number of fused-ring (bicyclic) bond motifs is 1. The molecule has 21 heavy (non-hydrogen) atoms. The van der Waals surface area contributed by atoms with Crippen molar-refractivity contribution in [2.24, 2.45) is 5.73 Å². The van der Waals surface area contributed by atoms with E-state index in [2.05, 4.69) is 4.90 Å². The molecule has 0 spiro atoms. The summed E-state index contributed by atoms with van der Waals surface area (Å²) in [7, 11) is -1.21. The topological polar surface area (TPSA) is 72.6 Å². The Labute approximate surface area is 127 Å². The van der Waals surface area contributed by atoms with Gasteiger partial charge in [0.15, 0.2) is 9.84 Å². The standard InChI is InChI=1S/C15H24N2O3S/c1-3-20-10-9-17(2)15(12-16)8-11-21(18,19)14-7-5-4-6-13(14)15/h4-7H,3,8-12,16H2,1-2H3. The number of nitrogens with zero attached hydrogens (tertiary/aromatic N) is 1. The van der Waals surface area contributed by atoms with Crippen LogP contribution in [-0.2, 0) is 20.1 Å². The predicted octanol–water partition coefficient (Wildman–Crippen LogP) is 0.986.